The summed E-state index contributed by atoms with van der Waals surface area (Å²) < 4.78 is 0. The molecule has 72 valence electrons. The summed E-state index contributed by atoms with van der Waals surface area (Å²) in [5.41, 5.74) is 0. The van der Waals surface area contributed by atoms with Gasteiger partial charge in [0, 0.05) is 0 Å². The number of aliphatic hydroxyl groups is 1. The van der Waals surface area contributed by atoms with E-state index < -0.39 is 0 Å². The Morgan fingerprint density at radius 3 is 2.62 bits per heavy atom. The number of rotatable bonds is 4. The Bertz CT molecular complexity index is 248. The molecule has 0 spiro atoms. The summed E-state index contributed by atoms with van der Waals surface area (Å²) in [6, 6.07) is 0.00109. The summed E-state index contributed by atoms with van der Waals surface area (Å²) in [5, 5.41) is 12.4. The molecule has 1 aromatic heterocycles. The lowest BCUT2D eigenvalue weighted by molar-refractivity contribution is 0.271. The van der Waals surface area contributed by atoms with Gasteiger partial charge >= 0.3 is 0 Å². The molecule has 0 radical (unpaired) electrons. The number of hydrogen-bond donors (Lipinski definition) is 2. The Hall–Kier alpha value is -0.870. The van der Waals surface area contributed by atoms with Gasteiger partial charge in [-0.1, -0.05) is 18.5 Å². The van der Waals surface area contributed by atoms with Gasteiger partial charge in [0.15, 0.2) is 0 Å². The van der Waals surface area contributed by atoms with E-state index in [1.54, 1.807) is 0 Å². The van der Waals surface area contributed by atoms with Gasteiger partial charge in [-0.2, -0.15) is 0 Å². The lowest BCUT2D eigenvalue weighted by Gasteiger charge is -2.12. The molecule has 0 amide bonds. The number of aromatic nitrogens is 2. The Morgan fingerprint density at radius 1 is 1.54 bits per heavy atom. The lowest BCUT2D eigenvalue weighted by Crippen LogP contribution is -2.23. The van der Waals surface area contributed by atoms with Crippen molar-refractivity contribution < 1.29 is 5.11 Å². The summed E-state index contributed by atoms with van der Waals surface area (Å²) in [6.07, 6.45) is 3.85. The van der Waals surface area contributed by atoms with E-state index in [1.807, 2.05) is 6.92 Å². The van der Waals surface area contributed by atoms with Crippen LogP contribution >= 0.6 is 11.6 Å². The number of aliphatic hydroxyl groups excluding tert-OH is 1. The quantitative estimate of drug-likeness (QED) is 0.772. The molecule has 13 heavy (non-hydrogen) atoms. The number of halogens is 1. The Labute approximate surface area is 82.0 Å². The molecule has 0 unspecified atom stereocenters. The second kappa shape index (κ2) is 4.99. The molecular formula is C8H12ClN3O. The molecule has 0 aliphatic rings. The molecule has 0 aliphatic heterocycles. The van der Waals surface area contributed by atoms with Crippen LogP contribution in [0.4, 0.5) is 5.95 Å². The first-order valence-corrected chi connectivity index (χ1v) is 4.49. The van der Waals surface area contributed by atoms with E-state index in [4.69, 9.17) is 16.7 Å². The van der Waals surface area contributed by atoms with Crippen molar-refractivity contribution in [2.45, 2.75) is 19.4 Å². The molecule has 0 saturated heterocycles. The molecule has 5 heteroatoms. The first-order valence-electron chi connectivity index (χ1n) is 4.11. The Morgan fingerprint density at radius 2 is 2.15 bits per heavy atom. The Kier molecular flexibility index (Phi) is 3.92. The number of nitrogens with zero attached hydrogens (tertiary/aromatic N) is 2. The minimum Gasteiger partial charge on any atom is -0.394 e. The molecule has 1 rings (SSSR count). The third-order valence-corrected chi connectivity index (χ3v) is 1.86. The highest BCUT2D eigenvalue weighted by Crippen LogP contribution is 2.07. The zero-order chi connectivity index (χ0) is 9.68. The van der Waals surface area contributed by atoms with Crippen LogP contribution in [0.5, 0.6) is 0 Å². The second-order valence-electron chi connectivity index (χ2n) is 2.66. The predicted octanol–water partition coefficient (Wildman–Crippen LogP) is 1.31. The van der Waals surface area contributed by atoms with Gasteiger partial charge < -0.3 is 10.4 Å². The van der Waals surface area contributed by atoms with Crippen molar-refractivity contribution in [3.8, 4) is 0 Å². The van der Waals surface area contributed by atoms with Crippen LogP contribution in [0.2, 0.25) is 5.02 Å². The van der Waals surface area contributed by atoms with Gasteiger partial charge in [0.2, 0.25) is 5.95 Å². The maximum atomic E-state index is 8.90. The normalized spacial score (nSPS) is 12.5. The van der Waals surface area contributed by atoms with Gasteiger partial charge in [-0.3, -0.25) is 0 Å². The van der Waals surface area contributed by atoms with Crippen LogP contribution < -0.4 is 5.32 Å². The SMILES string of the molecule is CC[C@@H](CO)Nc1ncc(Cl)cn1. The Balaban J connectivity index is 2.58. The van der Waals surface area contributed by atoms with Crippen LogP contribution in [-0.4, -0.2) is 27.7 Å². The summed E-state index contributed by atoms with van der Waals surface area (Å²) in [7, 11) is 0. The minimum absolute atomic E-state index is 0.00109. The summed E-state index contributed by atoms with van der Waals surface area (Å²) in [4.78, 5) is 7.90. The summed E-state index contributed by atoms with van der Waals surface area (Å²) >= 11 is 5.61. The van der Waals surface area contributed by atoms with Gasteiger partial charge in [0.1, 0.15) is 0 Å². The highest BCUT2D eigenvalue weighted by atomic mass is 35.5. The molecule has 1 heterocycles. The van der Waals surface area contributed by atoms with Gasteiger partial charge in [-0.05, 0) is 6.42 Å². The van der Waals surface area contributed by atoms with Gasteiger partial charge in [0.25, 0.3) is 0 Å². The van der Waals surface area contributed by atoms with Crippen molar-refractivity contribution in [1.29, 1.82) is 0 Å². The van der Waals surface area contributed by atoms with E-state index >= 15 is 0 Å². The zero-order valence-corrected chi connectivity index (χ0v) is 8.12. The van der Waals surface area contributed by atoms with E-state index in [2.05, 4.69) is 15.3 Å². The van der Waals surface area contributed by atoms with Crippen LogP contribution in [0.25, 0.3) is 0 Å². The molecule has 0 aromatic carbocycles. The fourth-order valence-electron chi connectivity index (χ4n) is 0.846. The standard InChI is InChI=1S/C8H12ClN3O/c1-2-7(5-13)12-8-10-3-6(9)4-11-8/h3-4,7,13H,2,5H2,1H3,(H,10,11,12)/t7-/m0/s1. The summed E-state index contributed by atoms with van der Waals surface area (Å²) in [6.45, 7) is 2.05. The highest BCUT2D eigenvalue weighted by molar-refractivity contribution is 6.30. The average Bonchev–Trinajstić information content (AvgIpc) is 2.17. The van der Waals surface area contributed by atoms with Crippen molar-refractivity contribution in [3.63, 3.8) is 0 Å². The van der Waals surface area contributed by atoms with Gasteiger partial charge in [0.05, 0.1) is 30.1 Å². The van der Waals surface area contributed by atoms with Crippen LogP contribution in [0.15, 0.2) is 12.4 Å². The van der Waals surface area contributed by atoms with Crippen molar-refractivity contribution in [3.05, 3.63) is 17.4 Å². The number of hydrogen-bond acceptors (Lipinski definition) is 4. The van der Waals surface area contributed by atoms with Crippen molar-refractivity contribution in [1.82, 2.24) is 9.97 Å². The molecule has 1 aromatic rings. The largest absolute Gasteiger partial charge is 0.394 e. The van der Waals surface area contributed by atoms with E-state index in [0.29, 0.717) is 11.0 Å². The molecule has 0 bridgehead atoms. The lowest BCUT2D eigenvalue weighted by atomic mass is 10.2. The van der Waals surface area contributed by atoms with Crippen LogP contribution in [0, 0.1) is 0 Å². The molecular weight excluding hydrogens is 190 g/mol. The van der Waals surface area contributed by atoms with Gasteiger partial charge in [-0.15, -0.1) is 0 Å². The van der Waals surface area contributed by atoms with Crippen LogP contribution in [0.3, 0.4) is 0 Å². The molecule has 0 saturated carbocycles. The van der Waals surface area contributed by atoms with Crippen LogP contribution in [-0.2, 0) is 0 Å². The van der Waals surface area contributed by atoms with Gasteiger partial charge in [-0.25, -0.2) is 9.97 Å². The van der Waals surface area contributed by atoms with E-state index in [0.717, 1.165) is 6.42 Å². The second-order valence-corrected chi connectivity index (χ2v) is 3.09. The molecule has 4 nitrogen and oxygen atoms in total. The predicted molar refractivity (Wildman–Crippen MR) is 51.8 cm³/mol. The fourth-order valence-corrected chi connectivity index (χ4v) is 0.944. The molecule has 0 aliphatic carbocycles. The maximum Gasteiger partial charge on any atom is 0.222 e. The first-order chi connectivity index (χ1) is 6.26. The molecule has 0 fully saturated rings. The van der Waals surface area contributed by atoms with Crippen LogP contribution in [0.1, 0.15) is 13.3 Å². The maximum absolute atomic E-state index is 8.90. The fraction of sp³-hybridized carbons (Fsp3) is 0.500. The monoisotopic (exact) mass is 201 g/mol. The van der Waals surface area contributed by atoms with Crippen molar-refractivity contribution >= 4 is 17.5 Å². The van der Waals surface area contributed by atoms with E-state index in [-0.39, 0.29) is 12.6 Å². The van der Waals surface area contributed by atoms with Crippen molar-refractivity contribution in [2.24, 2.45) is 0 Å². The number of anilines is 1. The third-order valence-electron chi connectivity index (χ3n) is 1.67. The first kappa shape index (κ1) is 10.2. The third kappa shape index (κ3) is 3.16. The van der Waals surface area contributed by atoms with E-state index in [1.165, 1.54) is 12.4 Å². The number of nitrogens with one attached hydrogen (secondary N) is 1. The molecule has 1 atom stereocenters. The minimum atomic E-state index is 0.00109. The average molecular weight is 202 g/mol. The highest BCUT2D eigenvalue weighted by Gasteiger charge is 2.04. The topological polar surface area (TPSA) is 58.0 Å². The zero-order valence-electron chi connectivity index (χ0n) is 7.37. The van der Waals surface area contributed by atoms with E-state index in [9.17, 15) is 0 Å². The van der Waals surface area contributed by atoms with Crippen molar-refractivity contribution in [2.75, 3.05) is 11.9 Å². The molecule has 2 N–H and O–H groups in total. The summed E-state index contributed by atoms with van der Waals surface area (Å²) in [5.74, 6) is 0.491. The smallest absolute Gasteiger partial charge is 0.222 e.